The van der Waals surface area contributed by atoms with Crippen molar-refractivity contribution in [2.75, 3.05) is 34.1 Å². The third-order valence-corrected chi connectivity index (χ3v) is 4.84. The van der Waals surface area contributed by atoms with Crippen LogP contribution >= 0.6 is 24.0 Å². The third kappa shape index (κ3) is 5.99. The maximum Gasteiger partial charge on any atom is 0.231 e. The van der Waals surface area contributed by atoms with Gasteiger partial charge < -0.3 is 24.8 Å². The number of guanidine groups is 1. The van der Waals surface area contributed by atoms with E-state index in [-0.39, 0.29) is 24.0 Å². The highest BCUT2D eigenvalue weighted by molar-refractivity contribution is 14.0. The van der Waals surface area contributed by atoms with Crippen molar-refractivity contribution in [1.29, 1.82) is 0 Å². The van der Waals surface area contributed by atoms with Gasteiger partial charge in [-0.15, -0.1) is 24.0 Å². The van der Waals surface area contributed by atoms with Crippen LogP contribution in [0.4, 0.5) is 0 Å². The van der Waals surface area contributed by atoms with Gasteiger partial charge in [0.15, 0.2) is 17.5 Å². The molecular weight excluding hydrogens is 485 g/mol. The first kappa shape index (κ1) is 23.3. The number of nitrogens with one attached hydrogen (secondary N) is 2. The zero-order valence-electron chi connectivity index (χ0n) is 17.4. The first-order chi connectivity index (χ1) is 13.6. The molecule has 0 amide bonds. The summed E-state index contributed by atoms with van der Waals surface area (Å²) >= 11 is 0. The topological polar surface area (TPSA) is 81.9 Å². The molecular formula is C20H30IN5O3. The Morgan fingerprint density at radius 3 is 2.79 bits per heavy atom. The number of methoxy groups -OCH3 is 1. The van der Waals surface area contributed by atoms with Gasteiger partial charge in [0.2, 0.25) is 6.79 Å². The molecule has 9 heteroatoms. The van der Waals surface area contributed by atoms with Gasteiger partial charge in [-0.1, -0.05) is 6.07 Å². The molecule has 3 rings (SSSR count). The van der Waals surface area contributed by atoms with Crippen LogP contribution in [-0.4, -0.2) is 49.8 Å². The maximum absolute atomic E-state index is 5.43. The molecule has 160 valence electrons. The highest BCUT2D eigenvalue weighted by Crippen LogP contribution is 2.32. The molecule has 0 atom stereocenters. The lowest BCUT2D eigenvalue weighted by Gasteiger charge is -2.12. The van der Waals surface area contributed by atoms with E-state index in [2.05, 4.69) is 33.7 Å². The summed E-state index contributed by atoms with van der Waals surface area (Å²) in [7, 11) is 3.48. The maximum atomic E-state index is 5.43. The Hall–Kier alpha value is -2.01. The number of benzene rings is 1. The van der Waals surface area contributed by atoms with Crippen LogP contribution in [0.1, 0.15) is 22.5 Å². The summed E-state index contributed by atoms with van der Waals surface area (Å²) in [5.74, 6) is 2.39. The molecule has 1 aromatic carbocycles. The van der Waals surface area contributed by atoms with Crippen molar-refractivity contribution in [2.24, 2.45) is 4.99 Å². The number of aromatic nitrogens is 2. The minimum absolute atomic E-state index is 0. The Morgan fingerprint density at radius 1 is 1.24 bits per heavy atom. The van der Waals surface area contributed by atoms with Crippen molar-refractivity contribution in [3.8, 4) is 11.5 Å². The van der Waals surface area contributed by atoms with E-state index in [0.29, 0.717) is 19.9 Å². The van der Waals surface area contributed by atoms with Gasteiger partial charge in [-0.05, 0) is 38.0 Å². The van der Waals surface area contributed by atoms with E-state index in [1.54, 1.807) is 14.2 Å². The summed E-state index contributed by atoms with van der Waals surface area (Å²) in [5.41, 5.74) is 4.56. The smallest absolute Gasteiger partial charge is 0.231 e. The molecule has 29 heavy (non-hydrogen) atoms. The zero-order valence-corrected chi connectivity index (χ0v) is 19.8. The predicted molar refractivity (Wildman–Crippen MR) is 123 cm³/mol. The quantitative estimate of drug-likeness (QED) is 0.320. The third-order valence-electron chi connectivity index (χ3n) is 4.84. The van der Waals surface area contributed by atoms with Crippen LogP contribution in [0, 0.1) is 13.8 Å². The largest absolute Gasteiger partial charge is 0.454 e. The number of fused-ring (bicyclic) bond motifs is 1. The SMILES string of the molecule is CN=C(NCCc1ccc2c(c1)OCO2)NCc1c(C)nn(CCOC)c1C.I. The van der Waals surface area contributed by atoms with Crippen LogP contribution in [0.15, 0.2) is 23.2 Å². The van der Waals surface area contributed by atoms with E-state index >= 15 is 0 Å². The molecule has 0 saturated carbocycles. The Labute approximate surface area is 189 Å². The highest BCUT2D eigenvalue weighted by Gasteiger charge is 2.14. The summed E-state index contributed by atoms with van der Waals surface area (Å²) in [6, 6.07) is 6.05. The molecule has 0 fully saturated rings. The molecule has 2 N–H and O–H groups in total. The van der Waals surface area contributed by atoms with Crippen LogP contribution in [-0.2, 0) is 24.2 Å². The van der Waals surface area contributed by atoms with Crippen molar-refractivity contribution >= 4 is 29.9 Å². The van der Waals surface area contributed by atoms with Crippen molar-refractivity contribution in [2.45, 2.75) is 33.4 Å². The molecule has 2 heterocycles. The number of ether oxygens (including phenoxy) is 3. The minimum Gasteiger partial charge on any atom is -0.454 e. The van der Waals surface area contributed by atoms with Gasteiger partial charge in [0.05, 0.1) is 18.8 Å². The van der Waals surface area contributed by atoms with Crippen molar-refractivity contribution in [1.82, 2.24) is 20.4 Å². The van der Waals surface area contributed by atoms with Crippen LogP contribution in [0.25, 0.3) is 0 Å². The Bertz CT molecular complexity index is 838. The van der Waals surface area contributed by atoms with Crippen LogP contribution in [0.5, 0.6) is 11.5 Å². The second kappa shape index (κ2) is 11.2. The molecule has 0 saturated heterocycles. The average molecular weight is 515 g/mol. The summed E-state index contributed by atoms with van der Waals surface area (Å²) in [6.07, 6.45) is 0.865. The van der Waals surface area contributed by atoms with Gasteiger partial charge in [0, 0.05) is 38.5 Å². The standard InChI is InChI=1S/C20H29N5O3.HI/c1-14-17(15(2)25(24-14)9-10-26-4)12-23-20(21-3)22-8-7-16-5-6-18-19(11-16)28-13-27-18;/h5-6,11H,7-10,12-13H2,1-4H3,(H2,21,22,23);1H. The lowest BCUT2D eigenvalue weighted by molar-refractivity contribution is 0.174. The van der Waals surface area contributed by atoms with Crippen molar-refractivity contribution < 1.29 is 14.2 Å². The summed E-state index contributed by atoms with van der Waals surface area (Å²) in [5, 5.41) is 11.3. The van der Waals surface area contributed by atoms with Gasteiger partial charge in [-0.25, -0.2) is 0 Å². The molecule has 0 bridgehead atoms. The van der Waals surface area contributed by atoms with Crippen molar-refractivity contribution in [3.63, 3.8) is 0 Å². The minimum atomic E-state index is 0. The number of aliphatic imine (C=N–C) groups is 1. The van der Waals surface area contributed by atoms with Crippen LogP contribution < -0.4 is 20.1 Å². The number of aryl methyl sites for hydroxylation is 1. The fraction of sp³-hybridized carbons (Fsp3) is 0.500. The average Bonchev–Trinajstić information content (AvgIpc) is 3.27. The molecule has 0 unspecified atom stereocenters. The molecule has 0 aliphatic carbocycles. The van der Waals surface area contributed by atoms with Gasteiger partial charge in [-0.3, -0.25) is 9.67 Å². The summed E-state index contributed by atoms with van der Waals surface area (Å²) in [4.78, 5) is 4.31. The van der Waals surface area contributed by atoms with E-state index in [4.69, 9.17) is 14.2 Å². The van der Waals surface area contributed by atoms with Crippen molar-refractivity contribution in [3.05, 3.63) is 40.7 Å². The summed E-state index contributed by atoms with van der Waals surface area (Å²) < 4.78 is 17.9. The fourth-order valence-corrected chi connectivity index (χ4v) is 3.20. The van der Waals surface area contributed by atoms with E-state index in [1.807, 2.05) is 23.7 Å². The molecule has 2 aromatic rings. The number of halogens is 1. The monoisotopic (exact) mass is 515 g/mol. The van der Waals surface area contributed by atoms with Crippen LogP contribution in [0.3, 0.4) is 0 Å². The molecule has 8 nitrogen and oxygen atoms in total. The van der Waals surface area contributed by atoms with Gasteiger partial charge in [0.1, 0.15) is 0 Å². The Morgan fingerprint density at radius 2 is 2.03 bits per heavy atom. The highest BCUT2D eigenvalue weighted by atomic mass is 127. The second-order valence-corrected chi connectivity index (χ2v) is 6.66. The number of hydrogen-bond donors (Lipinski definition) is 2. The normalized spacial score (nSPS) is 12.6. The summed E-state index contributed by atoms with van der Waals surface area (Å²) in [6.45, 7) is 7.27. The molecule has 0 spiro atoms. The Balaban J connectivity index is 0.00000300. The number of hydrogen-bond acceptors (Lipinski definition) is 5. The van der Waals surface area contributed by atoms with E-state index < -0.39 is 0 Å². The predicted octanol–water partition coefficient (Wildman–Crippen LogP) is 2.40. The molecule has 1 aliphatic rings. The first-order valence-corrected chi connectivity index (χ1v) is 9.47. The molecule has 0 radical (unpaired) electrons. The van der Waals surface area contributed by atoms with Gasteiger partial charge >= 0.3 is 0 Å². The molecule has 1 aliphatic heterocycles. The van der Waals surface area contributed by atoms with Gasteiger partial charge in [-0.2, -0.15) is 5.10 Å². The lowest BCUT2D eigenvalue weighted by atomic mass is 10.1. The van der Waals surface area contributed by atoms with E-state index in [9.17, 15) is 0 Å². The number of nitrogens with zero attached hydrogens (tertiary/aromatic N) is 3. The van der Waals surface area contributed by atoms with Crippen LogP contribution in [0.2, 0.25) is 0 Å². The van der Waals surface area contributed by atoms with Gasteiger partial charge in [0.25, 0.3) is 0 Å². The zero-order chi connectivity index (χ0) is 19.9. The number of rotatable bonds is 8. The first-order valence-electron chi connectivity index (χ1n) is 9.47. The molecule has 1 aromatic heterocycles. The van der Waals surface area contributed by atoms with E-state index in [1.165, 1.54) is 11.1 Å². The lowest BCUT2D eigenvalue weighted by Crippen LogP contribution is -2.38. The Kier molecular flexibility index (Phi) is 9.02. The fourth-order valence-electron chi connectivity index (χ4n) is 3.20. The second-order valence-electron chi connectivity index (χ2n) is 6.66. The van der Waals surface area contributed by atoms with E-state index in [0.717, 1.165) is 48.4 Å².